The van der Waals surface area contributed by atoms with Gasteiger partial charge in [-0.3, -0.25) is 9.48 Å². The zero-order chi connectivity index (χ0) is 17.3. The fourth-order valence-corrected chi connectivity index (χ4v) is 2.71. The summed E-state index contributed by atoms with van der Waals surface area (Å²) >= 11 is 0. The molecule has 2 heterocycles. The first kappa shape index (κ1) is 15.9. The zero-order valence-corrected chi connectivity index (χ0v) is 13.7. The molecule has 7 heteroatoms. The van der Waals surface area contributed by atoms with E-state index in [0.29, 0.717) is 29.2 Å². The molecule has 6 nitrogen and oxygen atoms in total. The van der Waals surface area contributed by atoms with E-state index in [1.54, 1.807) is 42.2 Å². The average molecular weight is 327 g/mol. The van der Waals surface area contributed by atoms with Gasteiger partial charge in [0.15, 0.2) is 5.82 Å². The molecule has 0 aliphatic heterocycles. The third-order valence-corrected chi connectivity index (χ3v) is 3.86. The third kappa shape index (κ3) is 2.80. The monoisotopic (exact) mass is 327 g/mol. The van der Waals surface area contributed by atoms with E-state index < -0.39 is 5.82 Å². The maximum atomic E-state index is 14.3. The van der Waals surface area contributed by atoms with Crippen LogP contribution in [0, 0.1) is 19.7 Å². The van der Waals surface area contributed by atoms with Crippen LogP contribution in [0.15, 0.2) is 36.7 Å². The lowest BCUT2D eigenvalue weighted by Gasteiger charge is -2.08. The molecule has 0 fully saturated rings. The highest BCUT2D eigenvalue weighted by atomic mass is 19.1. The molecular formula is C17H18FN5O. The number of nitrogens with zero attached hydrogens (tertiary/aromatic N) is 4. The summed E-state index contributed by atoms with van der Waals surface area (Å²) in [5.74, 6) is -0.759. The number of amides is 1. The molecule has 3 aromatic rings. The molecule has 1 aromatic carbocycles. The Balaban J connectivity index is 1.85. The quantitative estimate of drug-likeness (QED) is 0.801. The molecule has 24 heavy (non-hydrogen) atoms. The summed E-state index contributed by atoms with van der Waals surface area (Å²) in [6.45, 7) is 6.28. The SMILES string of the molecule is CCn1nc(C)c(C(=O)Nc2ccc(-n3cccn3)c(F)c2)c1C. The van der Waals surface area contributed by atoms with Gasteiger partial charge in [0.2, 0.25) is 0 Å². The number of rotatable bonds is 4. The second-order valence-corrected chi connectivity index (χ2v) is 5.43. The van der Waals surface area contributed by atoms with Crippen LogP contribution in [0.3, 0.4) is 0 Å². The van der Waals surface area contributed by atoms with Crippen LogP contribution in [0.25, 0.3) is 5.69 Å². The molecule has 0 aliphatic carbocycles. The van der Waals surface area contributed by atoms with E-state index in [1.807, 2.05) is 13.8 Å². The van der Waals surface area contributed by atoms with Gasteiger partial charge in [0.05, 0.1) is 11.3 Å². The van der Waals surface area contributed by atoms with E-state index >= 15 is 0 Å². The molecule has 1 amide bonds. The standard InChI is InChI=1S/C17H18FN5O/c1-4-22-12(3)16(11(2)21-22)17(24)20-13-6-7-15(14(18)10-13)23-9-5-8-19-23/h5-10H,4H2,1-3H3,(H,20,24). The Bertz CT molecular complexity index is 883. The Labute approximate surface area is 138 Å². The molecule has 0 saturated heterocycles. The summed E-state index contributed by atoms with van der Waals surface area (Å²) in [6, 6.07) is 6.22. The number of aromatic nitrogens is 4. The first-order valence-electron chi connectivity index (χ1n) is 7.66. The summed E-state index contributed by atoms with van der Waals surface area (Å²) in [5, 5.41) is 11.1. The molecule has 1 N–H and O–H groups in total. The van der Waals surface area contributed by atoms with Gasteiger partial charge in [-0.05, 0) is 45.0 Å². The van der Waals surface area contributed by atoms with Gasteiger partial charge in [-0.25, -0.2) is 9.07 Å². The van der Waals surface area contributed by atoms with Gasteiger partial charge < -0.3 is 5.32 Å². The minimum atomic E-state index is -0.464. The minimum Gasteiger partial charge on any atom is -0.322 e. The van der Waals surface area contributed by atoms with Crippen molar-refractivity contribution >= 4 is 11.6 Å². The fourth-order valence-electron chi connectivity index (χ4n) is 2.71. The number of carbonyl (C=O) groups excluding carboxylic acids is 1. The van der Waals surface area contributed by atoms with Crippen molar-refractivity contribution in [2.24, 2.45) is 0 Å². The van der Waals surface area contributed by atoms with E-state index in [4.69, 9.17) is 0 Å². The third-order valence-electron chi connectivity index (χ3n) is 3.86. The summed E-state index contributed by atoms with van der Waals surface area (Å²) in [4.78, 5) is 12.5. The second kappa shape index (κ2) is 6.27. The maximum absolute atomic E-state index is 14.3. The van der Waals surface area contributed by atoms with Crippen molar-refractivity contribution in [1.82, 2.24) is 19.6 Å². The van der Waals surface area contributed by atoms with Gasteiger partial charge in [-0.15, -0.1) is 0 Å². The number of hydrogen-bond acceptors (Lipinski definition) is 3. The number of aryl methyl sites for hydroxylation is 2. The zero-order valence-electron chi connectivity index (χ0n) is 13.7. The van der Waals surface area contributed by atoms with Crippen molar-refractivity contribution in [2.45, 2.75) is 27.3 Å². The molecule has 0 radical (unpaired) electrons. The van der Waals surface area contributed by atoms with Crippen molar-refractivity contribution in [1.29, 1.82) is 0 Å². The highest BCUT2D eigenvalue weighted by molar-refractivity contribution is 6.05. The normalized spacial score (nSPS) is 10.8. The van der Waals surface area contributed by atoms with Crippen LogP contribution in [0.1, 0.15) is 28.7 Å². The molecular weight excluding hydrogens is 309 g/mol. The van der Waals surface area contributed by atoms with Crippen molar-refractivity contribution in [3.05, 3.63) is 59.4 Å². The smallest absolute Gasteiger partial charge is 0.259 e. The van der Waals surface area contributed by atoms with Crippen molar-refractivity contribution < 1.29 is 9.18 Å². The Hall–Kier alpha value is -2.96. The van der Waals surface area contributed by atoms with Gasteiger partial charge in [0.1, 0.15) is 5.69 Å². The average Bonchev–Trinajstić information content (AvgIpc) is 3.15. The Morgan fingerprint density at radius 2 is 2.12 bits per heavy atom. The molecule has 124 valence electrons. The Morgan fingerprint density at radius 1 is 1.33 bits per heavy atom. The molecule has 0 unspecified atom stereocenters. The highest BCUT2D eigenvalue weighted by Crippen LogP contribution is 2.20. The van der Waals surface area contributed by atoms with E-state index in [1.165, 1.54) is 10.7 Å². The first-order valence-corrected chi connectivity index (χ1v) is 7.66. The second-order valence-electron chi connectivity index (χ2n) is 5.43. The van der Waals surface area contributed by atoms with E-state index in [2.05, 4.69) is 15.5 Å². The molecule has 0 atom stereocenters. The number of benzene rings is 1. The maximum Gasteiger partial charge on any atom is 0.259 e. The number of hydrogen-bond donors (Lipinski definition) is 1. The van der Waals surface area contributed by atoms with Crippen molar-refractivity contribution in [3.63, 3.8) is 0 Å². The fraction of sp³-hybridized carbons (Fsp3) is 0.235. The van der Waals surface area contributed by atoms with Crippen LogP contribution in [-0.4, -0.2) is 25.5 Å². The molecule has 0 bridgehead atoms. The highest BCUT2D eigenvalue weighted by Gasteiger charge is 2.18. The van der Waals surface area contributed by atoms with Crippen LogP contribution < -0.4 is 5.32 Å². The predicted octanol–water partition coefficient (Wildman–Crippen LogP) is 3.10. The van der Waals surface area contributed by atoms with E-state index in [9.17, 15) is 9.18 Å². The van der Waals surface area contributed by atoms with Gasteiger partial charge in [-0.1, -0.05) is 0 Å². The summed E-state index contributed by atoms with van der Waals surface area (Å²) < 4.78 is 17.5. The first-order chi connectivity index (χ1) is 11.5. The van der Waals surface area contributed by atoms with Gasteiger partial charge in [0, 0.05) is 30.3 Å². The van der Waals surface area contributed by atoms with Gasteiger partial charge in [-0.2, -0.15) is 10.2 Å². The van der Waals surface area contributed by atoms with Gasteiger partial charge >= 0.3 is 0 Å². The summed E-state index contributed by atoms with van der Waals surface area (Å²) in [6.07, 6.45) is 3.23. The molecule has 3 rings (SSSR count). The molecule has 0 spiro atoms. The number of nitrogens with one attached hydrogen (secondary N) is 1. The van der Waals surface area contributed by atoms with Crippen molar-refractivity contribution in [3.8, 4) is 5.69 Å². The number of anilines is 1. The molecule has 2 aromatic heterocycles. The summed E-state index contributed by atoms with van der Waals surface area (Å²) in [5.41, 5.74) is 2.68. The van der Waals surface area contributed by atoms with Gasteiger partial charge in [0.25, 0.3) is 5.91 Å². The number of halogens is 1. The van der Waals surface area contributed by atoms with Crippen LogP contribution in [0.5, 0.6) is 0 Å². The van der Waals surface area contributed by atoms with E-state index in [-0.39, 0.29) is 5.91 Å². The van der Waals surface area contributed by atoms with Crippen LogP contribution in [0.2, 0.25) is 0 Å². The lowest BCUT2D eigenvalue weighted by atomic mass is 10.1. The molecule has 0 saturated carbocycles. The van der Waals surface area contributed by atoms with Crippen LogP contribution in [0.4, 0.5) is 10.1 Å². The lowest BCUT2D eigenvalue weighted by Crippen LogP contribution is -2.14. The predicted molar refractivity (Wildman–Crippen MR) is 88.9 cm³/mol. The Morgan fingerprint density at radius 3 is 2.71 bits per heavy atom. The molecule has 0 aliphatic rings. The van der Waals surface area contributed by atoms with Crippen LogP contribution in [-0.2, 0) is 6.54 Å². The lowest BCUT2D eigenvalue weighted by molar-refractivity contribution is 0.102. The minimum absolute atomic E-state index is 0.295. The van der Waals surface area contributed by atoms with E-state index in [0.717, 1.165) is 5.69 Å². The van der Waals surface area contributed by atoms with Crippen molar-refractivity contribution in [2.75, 3.05) is 5.32 Å². The summed E-state index contributed by atoms with van der Waals surface area (Å²) in [7, 11) is 0. The number of carbonyl (C=O) groups is 1. The Kier molecular flexibility index (Phi) is 4.16. The topological polar surface area (TPSA) is 64.7 Å². The van der Waals surface area contributed by atoms with Crippen LogP contribution >= 0.6 is 0 Å². The largest absolute Gasteiger partial charge is 0.322 e.